The Hall–Kier alpha value is -2.92. The second kappa shape index (κ2) is 6.24. The number of aliphatic hydroxyl groups is 1. The molecular weight excluding hydrogens is 278 g/mol. The number of para-hydroxylation sites is 1. The minimum Gasteiger partial charge on any atom is -0.378 e. The number of H-pyrrole nitrogens is 1. The predicted molar refractivity (Wildman–Crippen MR) is 85.4 cm³/mol. The lowest BCUT2D eigenvalue weighted by Crippen LogP contribution is -2.25. The van der Waals surface area contributed by atoms with Gasteiger partial charge in [0.15, 0.2) is 6.10 Å². The molecule has 110 valence electrons. The van der Waals surface area contributed by atoms with E-state index in [4.69, 9.17) is 0 Å². The first-order valence-corrected chi connectivity index (χ1v) is 6.88. The second-order valence-corrected chi connectivity index (χ2v) is 4.86. The van der Waals surface area contributed by atoms with Gasteiger partial charge in [-0.2, -0.15) is 5.10 Å². The molecule has 5 heteroatoms. The van der Waals surface area contributed by atoms with Crippen LogP contribution in [0.1, 0.15) is 17.4 Å². The normalized spacial score (nSPS) is 12.6. The number of aromatic amines is 1. The molecule has 1 heterocycles. The summed E-state index contributed by atoms with van der Waals surface area (Å²) in [6.07, 6.45) is 0.274. The number of fused-ring (bicyclic) bond motifs is 1. The monoisotopic (exact) mass is 293 g/mol. The van der Waals surface area contributed by atoms with Crippen LogP contribution in [0.5, 0.6) is 0 Å². The maximum absolute atomic E-state index is 11.8. The van der Waals surface area contributed by atoms with Crippen LogP contribution in [0.3, 0.4) is 0 Å². The van der Waals surface area contributed by atoms with Crippen molar-refractivity contribution in [2.75, 3.05) is 0 Å². The molecule has 1 amide bonds. The van der Waals surface area contributed by atoms with Crippen LogP contribution in [-0.2, 0) is 4.79 Å². The number of aliphatic hydroxyl groups excluding tert-OH is 1. The molecule has 0 saturated carbocycles. The van der Waals surface area contributed by atoms with Gasteiger partial charge in [-0.25, -0.2) is 5.43 Å². The Bertz CT molecular complexity index is 776. The molecule has 0 bridgehead atoms. The molecule has 0 aliphatic carbocycles. The molecule has 0 aliphatic heterocycles. The Morgan fingerprint density at radius 1 is 1.14 bits per heavy atom. The fraction of sp³-hybridized carbons (Fsp3) is 0.0588. The number of amides is 1. The fourth-order valence-electron chi connectivity index (χ4n) is 2.18. The molecule has 5 nitrogen and oxygen atoms in total. The van der Waals surface area contributed by atoms with E-state index in [0.717, 1.165) is 16.6 Å². The summed E-state index contributed by atoms with van der Waals surface area (Å²) in [5.74, 6) is -0.571. The van der Waals surface area contributed by atoms with Crippen LogP contribution in [-0.4, -0.2) is 22.2 Å². The van der Waals surface area contributed by atoms with E-state index in [1.807, 2.05) is 36.4 Å². The van der Waals surface area contributed by atoms with Crippen LogP contribution < -0.4 is 5.43 Å². The lowest BCUT2D eigenvalue weighted by atomic mass is 10.1. The van der Waals surface area contributed by atoms with Gasteiger partial charge < -0.3 is 10.1 Å². The third kappa shape index (κ3) is 3.05. The van der Waals surface area contributed by atoms with E-state index >= 15 is 0 Å². The van der Waals surface area contributed by atoms with E-state index in [1.54, 1.807) is 24.3 Å². The molecule has 1 atom stereocenters. The van der Waals surface area contributed by atoms with E-state index in [0.29, 0.717) is 5.56 Å². The van der Waals surface area contributed by atoms with Crippen molar-refractivity contribution in [2.24, 2.45) is 5.10 Å². The molecule has 3 N–H and O–H groups in total. The highest BCUT2D eigenvalue weighted by atomic mass is 16.3. The number of aromatic nitrogens is 1. The lowest BCUT2D eigenvalue weighted by Gasteiger charge is -2.08. The number of carbonyl (C=O) groups is 1. The van der Waals surface area contributed by atoms with Crippen LogP contribution in [0.25, 0.3) is 10.9 Å². The Morgan fingerprint density at radius 3 is 2.64 bits per heavy atom. The Labute approximate surface area is 127 Å². The second-order valence-electron chi connectivity index (χ2n) is 4.86. The van der Waals surface area contributed by atoms with Crippen molar-refractivity contribution < 1.29 is 9.90 Å². The molecule has 0 spiro atoms. The molecule has 3 rings (SSSR count). The van der Waals surface area contributed by atoms with Gasteiger partial charge in [0.1, 0.15) is 0 Å². The molecule has 2 aromatic carbocycles. The van der Waals surface area contributed by atoms with Crippen molar-refractivity contribution in [2.45, 2.75) is 6.10 Å². The van der Waals surface area contributed by atoms with Crippen molar-refractivity contribution in [3.05, 3.63) is 71.9 Å². The Balaban J connectivity index is 1.65. The van der Waals surface area contributed by atoms with E-state index in [9.17, 15) is 9.90 Å². The third-order valence-corrected chi connectivity index (χ3v) is 3.29. The number of benzene rings is 2. The van der Waals surface area contributed by atoms with Crippen LogP contribution in [0.15, 0.2) is 65.8 Å². The van der Waals surface area contributed by atoms with Crippen molar-refractivity contribution in [3.63, 3.8) is 0 Å². The zero-order valence-electron chi connectivity index (χ0n) is 11.7. The number of hydrogen-bond acceptors (Lipinski definition) is 3. The Kier molecular flexibility index (Phi) is 3.98. The molecule has 3 aromatic rings. The lowest BCUT2D eigenvalue weighted by molar-refractivity contribution is -0.129. The summed E-state index contributed by atoms with van der Waals surface area (Å²) in [5.41, 5.74) is 4.64. The van der Waals surface area contributed by atoms with Gasteiger partial charge in [-0.1, -0.05) is 48.5 Å². The molecule has 0 unspecified atom stereocenters. The summed E-state index contributed by atoms with van der Waals surface area (Å²) in [6, 6.07) is 18.5. The van der Waals surface area contributed by atoms with E-state index in [2.05, 4.69) is 15.5 Å². The first-order chi connectivity index (χ1) is 10.7. The van der Waals surface area contributed by atoms with Crippen molar-refractivity contribution >= 4 is 23.0 Å². The fourth-order valence-corrected chi connectivity index (χ4v) is 2.18. The largest absolute Gasteiger partial charge is 0.378 e. The smallest absolute Gasteiger partial charge is 0.273 e. The summed E-state index contributed by atoms with van der Waals surface area (Å²) >= 11 is 0. The molecule has 0 saturated heterocycles. The highest BCUT2D eigenvalue weighted by Gasteiger charge is 2.15. The number of nitrogens with zero attached hydrogens (tertiary/aromatic N) is 1. The first-order valence-electron chi connectivity index (χ1n) is 6.88. The minimum absolute atomic E-state index is 0.529. The first kappa shape index (κ1) is 14.0. The van der Waals surface area contributed by atoms with Gasteiger partial charge in [-0.15, -0.1) is 0 Å². The van der Waals surface area contributed by atoms with Gasteiger partial charge in [0.25, 0.3) is 5.91 Å². The summed E-state index contributed by atoms with van der Waals surface area (Å²) in [6.45, 7) is 0. The zero-order valence-corrected chi connectivity index (χ0v) is 11.7. The molecule has 0 aliphatic rings. The topological polar surface area (TPSA) is 77.5 Å². The van der Waals surface area contributed by atoms with E-state index in [-0.39, 0.29) is 0 Å². The van der Waals surface area contributed by atoms with Crippen molar-refractivity contribution in [1.82, 2.24) is 10.4 Å². The van der Waals surface area contributed by atoms with Crippen LogP contribution in [0.4, 0.5) is 0 Å². The number of rotatable bonds is 4. The number of hydrazone groups is 1. The average Bonchev–Trinajstić information content (AvgIpc) is 2.97. The zero-order chi connectivity index (χ0) is 15.4. The minimum atomic E-state index is -1.24. The van der Waals surface area contributed by atoms with Gasteiger partial charge >= 0.3 is 0 Å². The Morgan fingerprint density at radius 2 is 1.86 bits per heavy atom. The summed E-state index contributed by atoms with van der Waals surface area (Å²) in [4.78, 5) is 15.0. The number of nitrogens with one attached hydrogen (secondary N) is 2. The summed E-state index contributed by atoms with van der Waals surface area (Å²) < 4.78 is 0. The molecule has 1 aromatic heterocycles. The van der Waals surface area contributed by atoms with E-state index in [1.165, 1.54) is 6.21 Å². The molecule has 0 radical (unpaired) electrons. The molecule has 0 fully saturated rings. The van der Waals surface area contributed by atoms with Gasteiger partial charge in [0.05, 0.1) is 11.9 Å². The van der Waals surface area contributed by atoms with E-state index < -0.39 is 12.0 Å². The van der Waals surface area contributed by atoms with Gasteiger partial charge in [-0.05, 0) is 17.7 Å². The van der Waals surface area contributed by atoms with Crippen LogP contribution in [0.2, 0.25) is 0 Å². The quantitative estimate of drug-likeness (QED) is 0.510. The predicted octanol–water partition coefficient (Wildman–Crippen LogP) is 2.35. The van der Waals surface area contributed by atoms with Gasteiger partial charge in [0, 0.05) is 10.9 Å². The molecular formula is C17H15N3O2. The van der Waals surface area contributed by atoms with Crippen LogP contribution in [0, 0.1) is 0 Å². The maximum Gasteiger partial charge on any atom is 0.273 e. The SMILES string of the molecule is O=C(N/N=C/c1cc2ccccc2[nH]1)[C@H](O)c1ccccc1. The van der Waals surface area contributed by atoms with Crippen molar-refractivity contribution in [1.29, 1.82) is 0 Å². The standard InChI is InChI=1S/C17H15N3O2/c21-16(12-6-2-1-3-7-12)17(22)20-18-11-14-10-13-8-4-5-9-15(13)19-14/h1-11,16,19,21H,(H,20,22)/b18-11+/t16-/m1/s1. The number of carbonyl (C=O) groups excluding carboxylic acids is 1. The average molecular weight is 293 g/mol. The summed E-state index contributed by atoms with van der Waals surface area (Å²) in [7, 11) is 0. The highest BCUT2D eigenvalue weighted by Crippen LogP contribution is 2.13. The maximum atomic E-state index is 11.8. The number of hydrogen-bond donors (Lipinski definition) is 3. The molecule has 22 heavy (non-hydrogen) atoms. The van der Waals surface area contributed by atoms with Gasteiger partial charge in [0.2, 0.25) is 0 Å². The third-order valence-electron chi connectivity index (χ3n) is 3.29. The van der Waals surface area contributed by atoms with Crippen molar-refractivity contribution in [3.8, 4) is 0 Å². The van der Waals surface area contributed by atoms with Gasteiger partial charge in [-0.3, -0.25) is 4.79 Å². The van der Waals surface area contributed by atoms with Crippen LogP contribution >= 0.6 is 0 Å². The highest BCUT2D eigenvalue weighted by molar-refractivity contribution is 5.90. The summed E-state index contributed by atoms with van der Waals surface area (Å²) in [5, 5.41) is 14.8.